The van der Waals surface area contributed by atoms with Crippen LogP contribution in [0.15, 0.2) is 242 Å². The first-order valence-corrected chi connectivity index (χ1v) is 27.6. The molecule has 0 aromatic heterocycles. The summed E-state index contributed by atoms with van der Waals surface area (Å²) in [5.41, 5.74) is 25.2. The van der Waals surface area contributed by atoms with E-state index in [9.17, 15) is 0 Å². The first-order valence-electron chi connectivity index (χ1n) is 27.6. The lowest BCUT2D eigenvalue weighted by atomic mass is 9.71. The Bertz CT molecular complexity index is 4320. The fourth-order valence-corrected chi connectivity index (χ4v) is 14.4. The SMILES string of the molecule is CC1(C)C2=C(CCC=C2)N(c2ccc3c(-c4ccc5c(c4)C(C)(C)c4ccccc4-5)c4cc(N5c6ccccc6C(C)(C)c6ccccc65)ccc4c(-c4ccc5cc(-c6ccccc6)ccc5c4)c3c2)c2ccccc21. The lowest BCUT2D eigenvalue weighted by Crippen LogP contribution is -2.34. The topological polar surface area (TPSA) is 6.48 Å². The number of allylic oxidation sites excluding steroid dienone is 4. The maximum Gasteiger partial charge on any atom is 0.0502 e. The molecule has 0 radical (unpaired) electrons. The number of hydrogen-bond acceptors (Lipinski definition) is 2. The summed E-state index contributed by atoms with van der Waals surface area (Å²) in [7, 11) is 0. The highest BCUT2D eigenvalue weighted by Crippen LogP contribution is 2.57. The minimum absolute atomic E-state index is 0.125. The molecule has 0 saturated heterocycles. The van der Waals surface area contributed by atoms with Gasteiger partial charge in [-0.05, 0) is 184 Å². The summed E-state index contributed by atoms with van der Waals surface area (Å²) in [6.07, 6.45) is 6.79. The fourth-order valence-electron chi connectivity index (χ4n) is 14.4. The van der Waals surface area contributed by atoms with Gasteiger partial charge in [-0.2, -0.15) is 0 Å². The van der Waals surface area contributed by atoms with Gasteiger partial charge in [0.2, 0.25) is 0 Å². The molecule has 4 aliphatic rings. The molecule has 11 aromatic carbocycles. The number of rotatable bonds is 5. The zero-order chi connectivity index (χ0) is 52.0. The molecule has 0 atom stereocenters. The van der Waals surface area contributed by atoms with Crippen LogP contribution >= 0.6 is 0 Å². The van der Waals surface area contributed by atoms with Crippen molar-refractivity contribution in [2.24, 2.45) is 0 Å². The highest BCUT2D eigenvalue weighted by Gasteiger charge is 2.40. The van der Waals surface area contributed by atoms with Crippen LogP contribution in [0, 0.1) is 0 Å². The minimum Gasteiger partial charge on any atom is -0.314 e. The quantitative estimate of drug-likeness (QED) is 0.159. The molecular formula is C75H60N2. The van der Waals surface area contributed by atoms with Crippen molar-refractivity contribution in [3.05, 3.63) is 270 Å². The smallest absolute Gasteiger partial charge is 0.0502 e. The van der Waals surface area contributed by atoms with Crippen molar-refractivity contribution in [3.63, 3.8) is 0 Å². The lowest BCUT2D eigenvalue weighted by Gasteiger charge is -2.44. The number of hydrogen-bond donors (Lipinski definition) is 0. The molecule has 2 nitrogen and oxygen atoms in total. The van der Waals surface area contributed by atoms with Gasteiger partial charge in [0.1, 0.15) is 0 Å². The highest BCUT2D eigenvalue weighted by molar-refractivity contribution is 6.23. The molecule has 0 saturated carbocycles. The van der Waals surface area contributed by atoms with Gasteiger partial charge in [-0.3, -0.25) is 0 Å². The van der Waals surface area contributed by atoms with Crippen molar-refractivity contribution in [3.8, 4) is 44.5 Å². The van der Waals surface area contributed by atoms with Crippen LogP contribution in [0.5, 0.6) is 0 Å². The van der Waals surface area contributed by atoms with E-state index in [1.807, 2.05) is 0 Å². The number of anilines is 5. The van der Waals surface area contributed by atoms with Crippen molar-refractivity contribution in [1.29, 1.82) is 0 Å². The normalized spacial score (nSPS) is 16.2. The maximum atomic E-state index is 2.60. The molecule has 0 amide bonds. The second-order valence-corrected chi connectivity index (χ2v) is 23.6. The van der Waals surface area contributed by atoms with Crippen LogP contribution in [0.2, 0.25) is 0 Å². The van der Waals surface area contributed by atoms with Gasteiger partial charge in [0, 0.05) is 39.0 Å². The number of nitrogens with zero attached hydrogens (tertiary/aromatic N) is 2. The zero-order valence-corrected chi connectivity index (χ0v) is 44.7. The zero-order valence-electron chi connectivity index (χ0n) is 44.7. The van der Waals surface area contributed by atoms with Crippen LogP contribution in [0.3, 0.4) is 0 Å². The Hall–Kier alpha value is -8.72. The summed E-state index contributed by atoms with van der Waals surface area (Å²) in [6.45, 7) is 14.4. The lowest BCUT2D eigenvalue weighted by molar-refractivity contribution is 0.603. The third-order valence-electron chi connectivity index (χ3n) is 18.2. The predicted octanol–water partition coefficient (Wildman–Crippen LogP) is 20.6. The van der Waals surface area contributed by atoms with Crippen LogP contribution in [0.4, 0.5) is 28.4 Å². The largest absolute Gasteiger partial charge is 0.314 e. The van der Waals surface area contributed by atoms with Crippen molar-refractivity contribution in [2.75, 3.05) is 9.80 Å². The molecule has 0 N–H and O–H groups in total. The molecule has 2 heterocycles. The molecule has 370 valence electrons. The molecule has 0 fully saturated rings. The monoisotopic (exact) mass is 988 g/mol. The molecule has 2 heteroatoms. The average molecular weight is 989 g/mol. The molecular weight excluding hydrogens is 929 g/mol. The second-order valence-electron chi connectivity index (χ2n) is 23.6. The molecule has 0 unspecified atom stereocenters. The van der Waals surface area contributed by atoms with Crippen molar-refractivity contribution < 1.29 is 0 Å². The van der Waals surface area contributed by atoms with Crippen LogP contribution < -0.4 is 9.80 Å². The van der Waals surface area contributed by atoms with Crippen molar-refractivity contribution >= 4 is 60.8 Å². The maximum absolute atomic E-state index is 2.60. The van der Waals surface area contributed by atoms with Crippen LogP contribution in [0.25, 0.3) is 76.8 Å². The van der Waals surface area contributed by atoms with Crippen LogP contribution in [0.1, 0.15) is 82.2 Å². The summed E-state index contributed by atoms with van der Waals surface area (Å²) < 4.78 is 0. The number of fused-ring (bicyclic) bond motifs is 9. The minimum atomic E-state index is -0.172. The Morgan fingerprint density at radius 1 is 0.338 bits per heavy atom. The van der Waals surface area contributed by atoms with Gasteiger partial charge in [0.05, 0.1) is 11.4 Å². The van der Waals surface area contributed by atoms with Crippen LogP contribution in [-0.2, 0) is 16.2 Å². The van der Waals surface area contributed by atoms with Gasteiger partial charge in [-0.15, -0.1) is 0 Å². The molecule has 0 spiro atoms. The first kappa shape index (κ1) is 45.7. The third-order valence-corrected chi connectivity index (χ3v) is 18.2. The summed E-state index contributed by atoms with van der Waals surface area (Å²) in [5, 5.41) is 7.40. The Kier molecular flexibility index (Phi) is 9.87. The van der Waals surface area contributed by atoms with Gasteiger partial charge < -0.3 is 9.80 Å². The van der Waals surface area contributed by atoms with Crippen LogP contribution in [-0.4, -0.2) is 0 Å². The van der Waals surface area contributed by atoms with Gasteiger partial charge in [0.25, 0.3) is 0 Å². The third kappa shape index (κ3) is 6.67. The first-order chi connectivity index (χ1) is 37.5. The summed E-state index contributed by atoms with van der Waals surface area (Å²) in [5.74, 6) is 0. The van der Waals surface area contributed by atoms with E-state index in [4.69, 9.17) is 0 Å². The van der Waals surface area contributed by atoms with Gasteiger partial charge in [0.15, 0.2) is 0 Å². The van der Waals surface area contributed by atoms with E-state index in [1.165, 1.54) is 139 Å². The van der Waals surface area contributed by atoms with E-state index < -0.39 is 0 Å². The Morgan fingerprint density at radius 2 is 0.818 bits per heavy atom. The van der Waals surface area contributed by atoms with Crippen molar-refractivity contribution in [2.45, 2.75) is 70.6 Å². The van der Waals surface area contributed by atoms with E-state index in [0.29, 0.717) is 0 Å². The number of benzene rings is 11. The molecule has 11 aromatic rings. The molecule has 77 heavy (non-hydrogen) atoms. The molecule has 2 aliphatic heterocycles. The van der Waals surface area contributed by atoms with E-state index in [0.717, 1.165) is 18.5 Å². The van der Waals surface area contributed by atoms with Gasteiger partial charge in [-0.1, -0.05) is 211 Å². The van der Waals surface area contributed by atoms with Gasteiger partial charge >= 0.3 is 0 Å². The summed E-state index contributed by atoms with van der Waals surface area (Å²) in [6, 6.07) is 83.2. The molecule has 0 bridgehead atoms. The summed E-state index contributed by atoms with van der Waals surface area (Å²) in [4.78, 5) is 5.12. The standard InChI is InChI=1S/C75H60N2/c1-73(2)61-23-11-10-22-55(61)56-39-36-52(44-66(56)73)72-58-41-38-53(76-67-28-16-12-24-62(67)74(3,4)63-25-13-17-29-68(63)76)45-59(58)71(51-35-34-49-42-48(32-33-50(49)43-51)47-20-8-7-9-21-47)57-40-37-54(46-60(57)72)77-69-30-18-14-26-64(69)75(5,6)65-27-15-19-31-70(65)77/h7-16,18-28,30-46H,17,29H2,1-6H3. The molecule has 15 rings (SSSR count). The Morgan fingerprint density at radius 3 is 1.47 bits per heavy atom. The predicted molar refractivity (Wildman–Crippen MR) is 327 cm³/mol. The second kappa shape index (κ2) is 16.6. The van der Waals surface area contributed by atoms with E-state index in [1.54, 1.807) is 0 Å². The Balaban J connectivity index is 1.05. The highest BCUT2D eigenvalue weighted by atomic mass is 15.2. The van der Waals surface area contributed by atoms with Crippen molar-refractivity contribution in [1.82, 2.24) is 0 Å². The Labute approximate surface area is 452 Å². The number of para-hydroxylation sites is 3. The fraction of sp³-hybridized carbons (Fsp3) is 0.147. The average Bonchev–Trinajstić information content (AvgIpc) is 3.87. The van der Waals surface area contributed by atoms with E-state index in [-0.39, 0.29) is 16.2 Å². The van der Waals surface area contributed by atoms with Gasteiger partial charge in [-0.25, -0.2) is 0 Å². The van der Waals surface area contributed by atoms with E-state index in [2.05, 4.69) is 282 Å². The molecule has 2 aliphatic carbocycles. The van der Waals surface area contributed by atoms with E-state index >= 15 is 0 Å². The summed E-state index contributed by atoms with van der Waals surface area (Å²) >= 11 is 0.